The number of urea groups is 1. The van der Waals surface area contributed by atoms with Crippen molar-refractivity contribution in [2.45, 2.75) is 26.7 Å². The van der Waals surface area contributed by atoms with E-state index in [-0.39, 0.29) is 12.4 Å². The zero-order chi connectivity index (χ0) is 17.1. The Morgan fingerprint density at radius 1 is 1.17 bits per heavy atom. The fourth-order valence-electron chi connectivity index (χ4n) is 1.64. The molecule has 0 atom stereocenters. The largest absolute Gasteiger partial charge is 0.493 e. The summed E-state index contributed by atoms with van der Waals surface area (Å²) in [5.74, 6) is 0.182. The summed E-state index contributed by atoms with van der Waals surface area (Å²) in [5.41, 5.74) is 0.303. The van der Waals surface area contributed by atoms with E-state index in [1.165, 1.54) is 0 Å². The van der Waals surface area contributed by atoms with E-state index in [2.05, 4.69) is 10.6 Å². The van der Waals surface area contributed by atoms with E-state index >= 15 is 0 Å². The number of carbonyl (C=O) groups is 3. The van der Waals surface area contributed by atoms with Gasteiger partial charge in [0, 0.05) is 12.6 Å². The van der Waals surface area contributed by atoms with Gasteiger partial charge in [-0.15, -0.1) is 0 Å². The van der Waals surface area contributed by atoms with E-state index in [4.69, 9.17) is 9.47 Å². The minimum atomic E-state index is -0.602. The molecule has 0 aliphatic heterocycles. The molecule has 3 amide bonds. The first kappa shape index (κ1) is 18.5. The summed E-state index contributed by atoms with van der Waals surface area (Å²) >= 11 is 0. The SMILES string of the molecule is CCCNC(=O)NC(=O)COc1cc(OCCC)ccc1C=O. The molecule has 0 aliphatic carbocycles. The number of aldehydes is 1. The standard InChI is InChI=1S/C16H22N2O5/c1-3-7-17-16(21)18-15(20)11-23-14-9-13(22-8-4-2)6-5-12(14)10-19/h5-6,9-10H,3-4,7-8,11H2,1-2H3,(H2,17,18,20,21). The average molecular weight is 322 g/mol. The number of nitrogens with one attached hydrogen (secondary N) is 2. The highest BCUT2D eigenvalue weighted by molar-refractivity contribution is 5.95. The first-order valence-electron chi connectivity index (χ1n) is 7.53. The van der Waals surface area contributed by atoms with Crippen LogP contribution in [0, 0.1) is 0 Å². The van der Waals surface area contributed by atoms with Crippen molar-refractivity contribution >= 4 is 18.2 Å². The van der Waals surface area contributed by atoms with Crippen LogP contribution in [0.2, 0.25) is 0 Å². The molecule has 7 heteroatoms. The lowest BCUT2D eigenvalue weighted by Crippen LogP contribution is -2.41. The van der Waals surface area contributed by atoms with Crippen LogP contribution in [0.15, 0.2) is 18.2 Å². The maximum atomic E-state index is 11.6. The number of hydrogen-bond acceptors (Lipinski definition) is 5. The van der Waals surface area contributed by atoms with Crippen LogP contribution in [0.5, 0.6) is 11.5 Å². The molecule has 0 fully saturated rings. The highest BCUT2D eigenvalue weighted by Gasteiger charge is 2.11. The minimum absolute atomic E-state index is 0.234. The number of imide groups is 1. The van der Waals surface area contributed by atoms with Crippen LogP contribution in [0.25, 0.3) is 0 Å². The van der Waals surface area contributed by atoms with Gasteiger partial charge in [-0.25, -0.2) is 4.79 Å². The molecular weight excluding hydrogens is 300 g/mol. The predicted octanol–water partition coefficient (Wildman–Crippen LogP) is 1.90. The molecule has 1 aromatic rings. The molecule has 1 aromatic carbocycles. The lowest BCUT2D eigenvalue weighted by molar-refractivity contribution is -0.122. The lowest BCUT2D eigenvalue weighted by Gasteiger charge is -2.11. The Morgan fingerprint density at radius 3 is 2.61 bits per heavy atom. The third-order valence-corrected chi connectivity index (χ3v) is 2.73. The normalized spacial score (nSPS) is 9.83. The number of hydrogen-bond donors (Lipinski definition) is 2. The topological polar surface area (TPSA) is 93.7 Å². The van der Waals surface area contributed by atoms with E-state index in [1.54, 1.807) is 18.2 Å². The number of benzene rings is 1. The van der Waals surface area contributed by atoms with Gasteiger partial charge in [0.15, 0.2) is 12.9 Å². The average Bonchev–Trinajstić information content (AvgIpc) is 2.56. The smallest absolute Gasteiger partial charge is 0.321 e. The quantitative estimate of drug-likeness (QED) is 0.677. The van der Waals surface area contributed by atoms with Crippen LogP contribution in [-0.4, -0.2) is 38.0 Å². The molecular formula is C16H22N2O5. The Balaban J connectivity index is 2.59. The van der Waals surface area contributed by atoms with Gasteiger partial charge in [-0.3, -0.25) is 14.9 Å². The number of carbonyl (C=O) groups excluding carboxylic acids is 3. The molecule has 0 bridgehead atoms. The summed E-state index contributed by atoms with van der Waals surface area (Å²) in [6.07, 6.45) is 2.25. The van der Waals surface area contributed by atoms with Gasteiger partial charge < -0.3 is 14.8 Å². The zero-order valence-electron chi connectivity index (χ0n) is 13.4. The second kappa shape index (κ2) is 10.2. The second-order valence-corrected chi connectivity index (χ2v) is 4.76. The van der Waals surface area contributed by atoms with E-state index in [9.17, 15) is 14.4 Å². The Kier molecular flexibility index (Phi) is 8.20. The van der Waals surface area contributed by atoms with Crippen LogP contribution < -0.4 is 20.1 Å². The van der Waals surface area contributed by atoms with Crippen molar-refractivity contribution in [3.05, 3.63) is 23.8 Å². The number of amides is 3. The van der Waals surface area contributed by atoms with Crippen LogP contribution >= 0.6 is 0 Å². The molecule has 23 heavy (non-hydrogen) atoms. The van der Waals surface area contributed by atoms with Gasteiger partial charge in [0.2, 0.25) is 0 Å². The number of ether oxygens (including phenoxy) is 2. The van der Waals surface area contributed by atoms with Gasteiger partial charge >= 0.3 is 6.03 Å². The molecule has 126 valence electrons. The maximum Gasteiger partial charge on any atom is 0.321 e. The van der Waals surface area contributed by atoms with Gasteiger partial charge in [0.1, 0.15) is 11.5 Å². The molecule has 7 nitrogen and oxygen atoms in total. The van der Waals surface area contributed by atoms with E-state index in [0.717, 1.165) is 12.8 Å². The summed E-state index contributed by atoms with van der Waals surface area (Å²) in [7, 11) is 0. The van der Waals surface area contributed by atoms with Gasteiger partial charge in [0.25, 0.3) is 5.91 Å². The highest BCUT2D eigenvalue weighted by Crippen LogP contribution is 2.23. The minimum Gasteiger partial charge on any atom is -0.493 e. The van der Waals surface area contributed by atoms with Crippen molar-refractivity contribution in [1.82, 2.24) is 10.6 Å². The number of rotatable bonds is 9. The lowest BCUT2D eigenvalue weighted by atomic mass is 10.2. The van der Waals surface area contributed by atoms with Crippen molar-refractivity contribution in [3.63, 3.8) is 0 Å². The van der Waals surface area contributed by atoms with Gasteiger partial charge in [-0.1, -0.05) is 13.8 Å². The van der Waals surface area contributed by atoms with Crippen LogP contribution in [0.1, 0.15) is 37.0 Å². The summed E-state index contributed by atoms with van der Waals surface area (Å²) in [6, 6.07) is 4.18. The molecule has 0 aromatic heterocycles. The summed E-state index contributed by atoms with van der Waals surface area (Å²) in [4.78, 5) is 34.0. The zero-order valence-corrected chi connectivity index (χ0v) is 13.4. The Hall–Kier alpha value is -2.57. The summed E-state index contributed by atoms with van der Waals surface area (Å²) < 4.78 is 10.8. The molecule has 1 rings (SSSR count). The Bertz CT molecular complexity index is 545. The van der Waals surface area contributed by atoms with Crippen molar-refractivity contribution in [2.24, 2.45) is 0 Å². The van der Waals surface area contributed by atoms with Crippen LogP contribution in [0.3, 0.4) is 0 Å². The Labute approximate surface area is 135 Å². The van der Waals surface area contributed by atoms with Gasteiger partial charge in [-0.2, -0.15) is 0 Å². The van der Waals surface area contributed by atoms with Crippen molar-refractivity contribution in [3.8, 4) is 11.5 Å². The fraction of sp³-hybridized carbons (Fsp3) is 0.438. The molecule has 0 radical (unpaired) electrons. The summed E-state index contributed by atoms with van der Waals surface area (Å²) in [6.45, 7) is 4.52. The van der Waals surface area contributed by atoms with E-state index in [0.29, 0.717) is 30.8 Å². The molecule has 0 spiro atoms. The maximum absolute atomic E-state index is 11.6. The molecule has 0 unspecified atom stereocenters. The molecule has 2 N–H and O–H groups in total. The third-order valence-electron chi connectivity index (χ3n) is 2.73. The molecule has 0 saturated carbocycles. The van der Waals surface area contributed by atoms with Crippen molar-refractivity contribution in [2.75, 3.05) is 19.8 Å². The van der Waals surface area contributed by atoms with Crippen molar-refractivity contribution < 1.29 is 23.9 Å². The first-order valence-corrected chi connectivity index (χ1v) is 7.53. The summed E-state index contributed by atoms with van der Waals surface area (Å²) in [5, 5.41) is 4.65. The third kappa shape index (κ3) is 6.82. The van der Waals surface area contributed by atoms with E-state index in [1.807, 2.05) is 13.8 Å². The Morgan fingerprint density at radius 2 is 1.96 bits per heavy atom. The first-order chi connectivity index (χ1) is 11.1. The molecule has 0 heterocycles. The van der Waals surface area contributed by atoms with Gasteiger partial charge in [0.05, 0.1) is 12.2 Å². The molecule has 0 saturated heterocycles. The second-order valence-electron chi connectivity index (χ2n) is 4.76. The monoisotopic (exact) mass is 322 g/mol. The van der Waals surface area contributed by atoms with Crippen LogP contribution in [-0.2, 0) is 4.79 Å². The van der Waals surface area contributed by atoms with Crippen LogP contribution in [0.4, 0.5) is 4.79 Å². The fourth-order valence-corrected chi connectivity index (χ4v) is 1.64. The highest BCUT2D eigenvalue weighted by atomic mass is 16.5. The van der Waals surface area contributed by atoms with Gasteiger partial charge in [-0.05, 0) is 25.0 Å². The molecule has 0 aliphatic rings. The van der Waals surface area contributed by atoms with E-state index < -0.39 is 11.9 Å². The predicted molar refractivity (Wildman–Crippen MR) is 84.9 cm³/mol. The van der Waals surface area contributed by atoms with Crippen molar-refractivity contribution in [1.29, 1.82) is 0 Å².